The lowest BCUT2D eigenvalue weighted by Gasteiger charge is -2.12. The van der Waals surface area contributed by atoms with Gasteiger partial charge in [0.1, 0.15) is 12.4 Å². The Morgan fingerprint density at radius 1 is 1.14 bits per heavy atom. The molecule has 3 amide bonds. The number of fused-ring (bicyclic) bond motifs is 1. The average Bonchev–Trinajstić information content (AvgIpc) is 3.14. The van der Waals surface area contributed by atoms with E-state index in [1.54, 1.807) is 24.3 Å². The van der Waals surface area contributed by atoms with E-state index in [2.05, 4.69) is 10.6 Å². The summed E-state index contributed by atoms with van der Waals surface area (Å²) < 4.78 is 16.1. The van der Waals surface area contributed by atoms with Crippen molar-refractivity contribution in [2.24, 2.45) is 5.73 Å². The zero-order valence-corrected chi connectivity index (χ0v) is 15.9. The fraction of sp³-hybridized carbons (Fsp3) is 0.263. The first-order valence-corrected chi connectivity index (χ1v) is 9.68. The molecular weight excluding hydrogens is 382 g/mol. The monoisotopic (exact) mass is 403 g/mol. The molecule has 0 saturated carbocycles. The smallest absolute Gasteiger partial charge is 0.319 e. The van der Waals surface area contributed by atoms with Crippen molar-refractivity contribution in [1.82, 2.24) is 5.32 Å². The molecule has 28 heavy (non-hydrogen) atoms. The predicted molar refractivity (Wildman–Crippen MR) is 106 cm³/mol. The normalized spacial score (nSPS) is 11.7. The first-order valence-electron chi connectivity index (χ1n) is 8.69. The Labute approximate surface area is 166 Å². The van der Waals surface area contributed by atoms with Gasteiger partial charge in [0.05, 0.1) is 12.2 Å². The van der Waals surface area contributed by atoms with Crippen LogP contribution >= 0.6 is 11.8 Å². The second-order valence-corrected chi connectivity index (χ2v) is 6.94. The van der Waals surface area contributed by atoms with Gasteiger partial charge in [-0.25, -0.2) is 4.79 Å². The van der Waals surface area contributed by atoms with Crippen molar-refractivity contribution in [1.29, 1.82) is 0 Å². The summed E-state index contributed by atoms with van der Waals surface area (Å²) >= 11 is 1.46. The van der Waals surface area contributed by atoms with E-state index in [4.69, 9.17) is 19.9 Å². The van der Waals surface area contributed by atoms with Crippen molar-refractivity contribution >= 4 is 29.4 Å². The molecular formula is C19H21N3O5S. The summed E-state index contributed by atoms with van der Waals surface area (Å²) in [4.78, 5) is 23.8. The van der Waals surface area contributed by atoms with Gasteiger partial charge < -0.3 is 30.6 Å². The number of thioether (sulfide) groups is 1. The number of primary amides is 1. The van der Waals surface area contributed by atoms with Gasteiger partial charge in [0, 0.05) is 23.1 Å². The van der Waals surface area contributed by atoms with E-state index >= 15 is 0 Å². The molecule has 1 aliphatic rings. The Balaban J connectivity index is 1.41. The molecule has 1 heterocycles. The summed E-state index contributed by atoms with van der Waals surface area (Å²) in [5.74, 6) is 2.19. The van der Waals surface area contributed by atoms with Crippen LogP contribution in [0.2, 0.25) is 0 Å². The average molecular weight is 403 g/mol. The Morgan fingerprint density at radius 2 is 1.96 bits per heavy atom. The number of nitrogens with one attached hydrogen (secondary N) is 2. The van der Waals surface area contributed by atoms with Gasteiger partial charge in [0.2, 0.25) is 12.7 Å². The van der Waals surface area contributed by atoms with Gasteiger partial charge >= 0.3 is 6.03 Å². The molecule has 0 bridgehead atoms. The van der Waals surface area contributed by atoms with Crippen molar-refractivity contribution < 1.29 is 23.8 Å². The van der Waals surface area contributed by atoms with Crippen LogP contribution in [-0.2, 0) is 4.79 Å². The van der Waals surface area contributed by atoms with E-state index < -0.39 is 0 Å². The fourth-order valence-corrected chi connectivity index (χ4v) is 3.40. The molecule has 148 valence electrons. The predicted octanol–water partition coefficient (Wildman–Crippen LogP) is 2.58. The molecule has 0 radical (unpaired) electrons. The summed E-state index contributed by atoms with van der Waals surface area (Å²) in [5, 5.41) is 5.54. The van der Waals surface area contributed by atoms with Gasteiger partial charge in [0.25, 0.3) is 0 Å². The molecule has 0 aliphatic carbocycles. The van der Waals surface area contributed by atoms with Crippen LogP contribution in [-0.4, -0.2) is 37.6 Å². The van der Waals surface area contributed by atoms with Gasteiger partial charge in [-0.15, -0.1) is 11.8 Å². The molecule has 0 fully saturated rings. The SMILES string of the molecule is NC(=O)CCSc1ccccc1NC(=O)NCCOc1ccc2c(c1)OCO2. The van der Waals surface area contributed by atoms with Crippen molar-refractivity contribution in [3.63, 3.8) is 0 Å². The molecule has 8 nitrogen and oxygen atoms in total. The van der Waals surface area contributed by atoms with E-state index in [1.165, 1.54) is 11.8 Å². The molecule has 2 aromatic rings. The van der Waals surface area contributed by atoms with Crippen LogP contribution in [0, 0.1) is 0 Å². The number of nitrogens with two attached hydrogens (primary N) is 1. The first kappa shape index (κ1) is 19.7. The highest BCUT2D eigenvalue weighted by molar-refractivity contribution is 7.99. The van der Waals surface area contributed by atoms with E-state index in [0.29, 0.717) is 41.8 Å². The van der Waals surface area contributed by atoms with Gasteiger partial charge in [0.15, 0.2) is 11.5 Å². The van der Waals surface area contributed by atoms with Gasteiger partial charge in [-0.05, 0) is 24.3 Å². The number of benzene rings is 2. The summed E-state index contributed by atoms with van der Waals surface area (Å²) in [6.07, 6.45) is 0.280. The van der Waals surface area contributed by atoms with Crippen molar-refractivity contribution in [2.75, 3.05) is 31.0 Å². The largest absolute Gasteiger partial charge is 0.492 e. The maximum absolute atomic E-state index is 12.1. The number of hydrogen-bond donors (Lipinski definition) is 3. The van der Waals surface area contributed by atoms with E-state index in [-0.39, 0.29) is 25.2 Å². The lowest BCUT2D eigenvalue weighted by molar-refractivity contribution is -0.117. The summed E-state index contributed by atoms with van der Waals surface area (Å²) in [7, 11) is 0. The molecule has 9 heteroatoms. The standard InChI is InChI=1S/C19H21N3O5S/c20-18(23)7-10-28-17-4-2-1-3-14(17)22-19(24)21-8-9-25-13-5-6-15-16(11-13)27-12-26-15/h1-6,11H,7-10,12H2,(H2,20,23)(H2,21,22,24). The molecule has 0 spiro atoms. The van der Waals surface area contributed by atoms with Crippen LogP contribution in [0.4, 0.5) is 10.5 Å². The van der Waals surface area contributed by atoms with E-state index in [0.717, 1.165) is 4.90 Å². The fourth-order valence-electron chi connectivity index (χ4n) is 2.42. The maximum Gasteiger partial charge on any atom is 0.319 e. The summed E-state index contributed by atoms with van der Waals surface area (Å²) in [5.41, 5.74) is 5.83. The van der Waals surface area contributed by atoms with Crippen molar-refractivity contribution in [2.45, 2.75) is 11.3 Å². The number of anilines is 1. The molecule has 0 atom stereocenters. The van der Waals surface area contributed by atoms with Gasteiger partial charge in [-0.2, -0.15) is 0 Å². The first-order chi connectivity index (χ1) is 13.6. The highest BCUT2D eigenvalue weighted by atomic mass is 32.2. The number of carbonyl (C=O) groups excluding carboxylic acids is 2. The highest BCUT2D eigenvalue weighted by Crippen LogP contribution is 2.35. The molecule has 4 N–H and O–H groups in total. The minimum Gasteiger partial charge on any atom is -0.492 e. The number of rotatable bonds is 9. The van der Waals surface area contributed by atoms with E-state index in [9.17, 15) is 9.59 Å². The molecule has 0 unspecified atom stereocenters. The Bertz CT molecular complexity index is 846. The molecule has 2 aromatic carbocycles. The lowest BCUT2D eigenvalue weighted by Crippen LogP contribution is -2.32. The third kappa shape index (κ3) is 5.71. The minimum atomic E-state index is -0.349. The van der Waals surface area contributed by atoms with E-state index in [1.807, 2.05) is 18.2 Å². The molecule has 0 saturated heterocycles. The van der Waals surface area contributed by atoms with Crippen LogP contribution in [0.3, 0.4) is 0 Å². The number of carbonyl (C=O) groups is 2. The second-order valence-electron chi connectivity index (χ2n) is 5.81. The Kier molecular flexibility index (Phi) is 6.85. The maximum atomic E-state index is 12.1. The third-order valence-corrected chi connectivity index (χ3v) is 4.82. The Morgan fingerprint density at radius 3 is 2.82 bits per heavy atom. The molecule has 1 aliphatic heterocycles. The number of urea groups is 1. The topological polar surface area (TPSA) is 112 Å². The summed E-state index contributed by atoms with van der Waals surface area (Å²) in [6.45, 7) is 0.849. The molecule has 0 aromatic heterocycles. The Hall–Kier alpha value is -3.07. The van der Waals surface area contributed by atoms with Crippen molar-refractivity contribution in [3.05, 3.63) is 42.5 Å². The van der Waals surface area contributed by atoms with Crippen LogP contribution in [0.15, 0.2) is 47.4 Å². The van der Waals surface area contributed by atoms with Crippen LogP contribution in [0.1, 0.15) is 6.42 Å². The quantitative estimate of drug-likeness (QED) is 0.438. The third-order valence-electron chi connectivity index (χ3n) is 3.74. The van der Waals surface area contributed by atoms with Gasteiger partial charge in [-0.3, -0.25) is 4.79 Å². The number of para-hydroxylation sites is 1. The van der Waals surface area contributed by atoms with Crippen LogP contribution < -0.4 is 30.6 Å². The number of ether oxygens (including phenoxy) is 3. The zero-order valence-electron chi connectivity index (χ0n) is 15.1. The number of hydrogen-bond acceptors (Lipinski definition) is 6. The van der Waals surface area contributed by atoms with Gasteiger partial charge in [-0.1, -0.05) is 12.1 Å². The molecule has 3 rings (SSSR count). The number of amides is 3. The highest BCUT2D eigenvalue weighted by Gasteiger charge is 2.13. The minimum absolute atomic E-state index is 0.211. The lowest BCUT2D eigenvalue weighted by atomic mass is 10.3. The van der Waals surface area contributed by atoms with Crippen molar-refractivity contribution in [3.8, 4) is 17.2 Å². The van der Waals surface area contributed by atoms with Crippen LogP contribution in [0.25, 0.3) is 0 Å². The van der Waals surface area contributed by atoms with Crippen LogP contribution in [0.5, 0.6) is 17.2 Å². The summed E-state index contributed by atoms with van der Waals surface area (Å²) in [6, 6.07) is 12.4. The zero-order chi connectivity index (χ0) is 19.8. The second kappa shape index (κ2) is 9.75.